The van der Waals surface area contributed by atoms with E-state index in [0.29, 0.717) is 16.2 Å². The minimum absolute atomic E-state index is 0.500. The monoisotopic (exact) mass is 1140 g/mol. The van der Waals surface area contributed by atoms with Crippen LogP contribution in [0.5, 0.6) is 0 Å². The molecule has 0 aromatic carbocycles. The highest BCUT2D eigenvalue weighted by Crippen LogP contribution is 2.17. The van der Waals surface area contributed by atoms with Crippen molar-refractivity contribution in [3.05, 3.63) is 0 Å². The second-order valence-corrected chi connectivity index (χ2v) is 29.6. The molecule has 0 spiro atoms. The van der Waals surface area contributed by atoms with Gasteiger partial charge < -0.3 is 0 Å². The minimum atomic E-state index is 0.500. The third-order valence-electron chi connectivity index (χ3n) is 11.8. The molecule has 0 radical (unpaired) electrons. The third kappa shape index (κ3) is 390. The van der Waals surface area contributed by atoms with E-state index < -0.39 is 0 Å². The molecule has 0 aromatic heterocycles. The van der Waals surface area contributed by atoms with Crippen LogP contribution in [0.2, 0.25) is 0 Å². The van der Waals surface area contributed by atoms with Gasteiger partial charge in [0.05, 0.1) is 0 Å². The largest absolute Gasteiger partial charge is 0.0656 e. The third-order valence-corrected chi connectivity index (χ3v) is 11.8. The van der Waals surface area contributed by atoms with Crippen LogP contribution in [-0.4, -0.2) is 0 Å². The molecule has 0 nitrogen and oxygen atoms in total. The minimum Gasteiger partial charge on any atom is -0.0656 e. The Morgan fingerprint density at radius 3 is 0.405 bits per heavy atom. The molecule has 0 fully saturated rings. The first-order valence-electron chi connectivity index (χ1n) is 35.8. The zero-order valence-corrected chi connectivity index (χ0v) is 67.3. The highest BCUT2D eigenvalue weighted by molar-refractivity contribution is 4.56. The van der Waals surface area contributed by atoms with Crippen molar-refractivity contribution in [3.8, 4) is 0 Å². The van der Waals surface area contributed by atoms with Crippen LogP contribution < -0.4 is 0 Å². The first kappa shape index (κ1) is 117. The Morgan fingerprint density at radius 2 is 0.392 bits per heavy atom. The summed E-state index contributed by atoms with van der Waals surface area (Å²) in [6.07, 6.45) is 29.4. The molecule has 0 heteroatoms. The highest BCUT2D eigenvalue weighted by Gasteiger charge is 2.04. The Labute approximate surface area is 519 Å². The topological polar surface area (TPSA) is 0 Å². The van der Waals surface area contributed by atoms with Crippen molar-refractivity contribution in [2.45, 2.75) is 453 Å². The van der Waals surface area contributed by atoms with Gasteiger partial charge in [0.25, 0.3) is 0 Å². The lowest BCUT2D eigenvalue weighted by Gasteiger charge is -2.12. The molecule has 0 N–H and O–H groups in total. The lowest BCUT2D eigenvalue weighted by Crippen LogP contribution is -2.00. The van der Waals surface area contributed by atoms with Crippen LogP contribution in [-0.2, 0) is 0 Å². The Bertz CT molecular complexity index is 698. The molecular weight excluding hydrogens is 949 g/mol. The molecule has 79 heavy (non-hydrogen) atoms. The average molecular weight is 1140 g/mol. The van der Waals surface area contributed by atoms with Crippen LogP contribution in [0.3, 0.4) is 0 Å². The Kier molecular flexibility index (Phi) is 153. The molecule has 0 heterocycles. The zero-order valence-electron chi connectivity index (χ0n) is 67.3. The lowest BCUT2D eigenvalue weighted by atomic mass is 9.94. The van der Waals surface area contributed by atoms with Gasteiger partial charge in [-0.15, -0.1) is 0 Å². The molecule has 0 rings (SSSR count). The summed E-state index contributed by atoms with van der Waals surface area (Å²) in [5.74, 6) is 7.97. The van der Waals surface area contributed by atoms with E-state index in [4.69, 9.17) is 0 Å². The molecule has 0 atom stereocenters. The van der Waals surface area contributed by atoms with E-state index in [-0.39, 0.29) is 0 Å². The predicted molar refractivity (Wildman–Crippen MR) is 396 cm³/mol. The van der Waals surface area contributed by atoms with Crippen LogP contribution >= 0.6 is 0 Å². The van der Waals surface area contributed by atoms with E-state index >= 15 is 0 Å². The van der Waals surface area contributed by atoms with E-state index in [1.54, 1.807) is 0 Å². The first-order valence-corrected chi connectivity index (χ1v) is 35.8. The van der Waals surface area contributed by atoms with Gasteiger partial charge >= 0.3 is 0 Å². The van der Waals surface area contributed by atoms with Gasteiger partial charge in [-0.05, 0) is 69.5 Å². The predicted octanol–water partition coefficient (Wildman–Crippen LogP) is 32.8. The van der Waals surface area contributed by atoms with Gasteiger partial charge in [-0.3, -0.25) is 0 Å². The summed E-state index contributed by atoms with van der Waals surface area (Å²) in [6, 6.07) is 0. The summed E-state index contributed by atoms with van der Waals surface area (Å²) in [4.78, 5) is 0. The van der Waals surface area contributed by atoms with E-state index in [2.05, 4.69) is 312 Å². The summed E-state index contributed by atoms with van der Waals surface area (Å²) < 4.78 is 0. The molecule has 0 unspecified atom stereocenters. The fraction of sp³-hybridized carbons (Fsp3) is 1.00. The quantitative estimate of drug-likeness (QED) is 0.127. The van der Waals surface area contributed by atoms with E-state index in [1.165, 1.54) is 141 Å². The molecular formula is C79H188. The van der Waals surface area contributed by atoms with Gasteiger partial charge in [0.15, 0.2) is 0 Å². The molecule has 504 valence electrons. The van der Waals surface area contributed by atoms with Gasteiger partial charge in [0.2, 0.25) is 0 Å². The van der Waals surface area contributed by atoms with Gasteiger partial charge in [-0.1, -0.05) is 453 Å². The van der Waals surface area contributed by atoms with Crippen molar-refractivity contribution >= 4 is 0 Å². The smallest absolute Gasteiger partial charge is 0.0385 e. The SMILES string of the molecule is CC(C)(C)C.CC(C)C.CC(C)C(C)C.CCC.CCC(C)(C)C.CCC(C)(C)C.CCC(C)C.CCC(C)C.CCC(C)CC.CCC(C)CC.CCCC.CCCC(C)C.CCCC(C)C.CCCCC.CCCCCC. The van der Waals surface area contributed by atoms with E-state index in [9.17, 15) is 0 Å². The Hall–Kier alpha value is 0. The maximum Gasteiger partial charge on any atom is -0.0385 e. The molecule has 0 aliphatic rings. The zero-order chi connectivity index (χ0) is 67.3. The maximum atomic E-state index is 2.28. The second kappa shape index (κ2) is 103. The van der Waals surface area contributed by atoms with Crippen LogP contribution in [0.15, 0.2) is 0 Å². The fourth-order valence-electron chi connectivity index (χ4n) is 2.59. The average Bonchev–Trinajstić information content (AvgIpc) is 3.34. The number of rotatable bonds is 17. The molecule has 0 aliphatic heterocycles. The molecule has 0 saturated heterocycles. The second-order valence-electron chi connectivity index (χ2n) is 29.6. The fourth-order valence-corrected chi connectivity index (χ4v) is 2.59. The van der Waals surface area contributed by atoms with Crippen LogP contribution in [0.25, 0.3) is 0 Å². The number of hydrogen-bond acceptors (Lipinski definition) is 0. The summed E-state index contributed by atoms with van der Waals surface area (Å²) in [6.45, 7) is 99.8. The normalized spacial score (nSPS) is 9.95. The Balaban J connectivity index is -0.0000000429. The molecule has 0 aliphatic carbocycles. The van der Waals surface area contributed by atoms with Gasteiger partial charge in [0.1, 0.15) is 0 Å². The molecule has 0 aromatic rings. The lowest BCUT2D eigenvalue weighted by molar-refractivity contribution is 0.397. The van der Waals surface area contributed by atoms with Crippen LogP contribution in [0, 0.1) is 69.5 Å². The van der Waals surface area contributed by atoms with Crippen LogP contribution in [0.4, 0.5) is 0 Å². The Morgan fingerprint density at radius 1 is 0.241 bits per heavy atom. The van der Waals surface area contributed by atoms with Crippen LogP contribution in [0.1, 0.15) is 453 Å². The van der Waals surface area contributed by atoms with E-state index in [1.807, 2.05) is 0 Å². The summed E-state index contributed by atoms with van der Waals surface area (Å²) >= 11 is 0. The standard InChI is InChI=1S/8C6H14.4C5H12.2C4H10.C3H8/c2*1-5-6(2,3)4;1-5(2)6(3)4;2*1-4-5-6(2)3;2*1-4-6(3)5-2;1-3-5-6-4-2;1-5(2,3)4;2*1-4-5(2)3;1-3-5-4-2;1-4(2)3;1-3-4-2;1-3-2/h2*5H2,1-4H3;5-6H,1-4H3;4*6H,4-5H2,1-3H3;3-6H2,1-2H3;1-4H3;2*5H,4H2,1-3H3;3-5H2,1-2H3;4H,1-3H3;3-4H2,1-2H3;3H2,1-2H3. The summed E-state index contributed by atoms with van der Waals surface area (Å²) in [5.41, 5.74) is 1.58. The van der Waals surface area contributed by atoms with Crippen molar-refractivity contribution in [3.63, 3.8) is 0 Å². The van der Waals surface area contributed by atoms with Crippen molar-refractivity contribution in [1.29, 1.82) is 0 Å². The van der Waals surface area contributed by atoms with Crippen molar-refractivity contribution in [1.82, 2.24) is 0 Å². The van der Waals surface area contributed by atoms with Crippen molar-refractivity contribution in [2.75, 3.05) is 0 Å². The summed E-state index contributed by atoms with van der Waals surface area (Å²) in [5, 5.41) is 0. The van der Waals surface area contributed by atoms with Gasteiger partial charge in [-0.25, -0.2) is 0 Å². The van der Waals surface area contributed by atoms with Crippen molar-refractivity contribution < 1.29 is 0 Å². The van der Waals surface area contributed by atoms with Gasteiger partial charge in [-0.2, -0.15) is 0 Å². The number of hydrogen-bond donors (Lipinski definition) is 0. The molecule has 0 bridgehead atoms. The van der Waals surface area contributed by atoms with Gasteiger partial charge in [0, 0.05) is 0 Å². The first-order chi connectivity index (χ1) is 35.8. The molecule has 0 amide bonds. The maximum absolute atomic E-state index is 2.28. The van der Waals surface area contributed by atoms with Crippen molar-refractivity contribution in [2.24, 2.45) is 69.5 Å². The number of unbranched alkanes of at least 4 members (excludes halogenated alkanes) is 6. The van der Waals surface area contributed by atoms with E-state index in [0.717, 1.165) is 53.3 Å². The molecule has 0 saturated carbocycles. The summed E-state index contributed by atoms with van der Waals surface area (Å²) in [7, 11) is 0. The highest BCUT2D eigenvalue weighted by atomic mass is 14.1.